The van der Waals surface area contributed by atoms with Gasteiger partial charge in [0, 0.05) is 24.0 Å². The molecule has 7 heteroatoms. The van der Waals surface area contributed by atoms with Crippen molar-refractivity contribution in [3.63, 3.8) is 0 Å². The van der Waals surface area contributed by atoms with Crippen LogP contribution in [0.3, 0.4) is 0 Å². The van der Waals surface area contributed by atoms with Gasteiger partial charge in [0.15, 0.2) is 5.79 Å². The van der Waals surface area contributed by atoms with Gasteiger partial charge in [-0.1, -0.05) is 35.9 Å². The number of nitrogens with zero attached hydrogens (tertiary/aromatic N) is 4. The number of aromatic nitrogens is 4. The first-order chi connectivity index (χ1) is 15.9. The van der Waals surface area contributed by atoms with Crippen LogP contribution in [0, 0.1) is 6.92 Å². The second kappa shape index (κ2) is 7.62. The zero-order valence-corrected chi connectivity index (χ0v) is 19.6. The van der Waals surface area contributed by atoms with Crippen molar-refractivity contribution in [2.45, 2.75) is 57.6 Å². The molecule has 1 aromatic carbocycles. The molecule has 0 bridgehead atoms. The Kier molecular flexibility index (Phi) is 4.80. The first kappa shape index (κ1) is 20.8. The summed E-state index contributed by atoms with van der Waals surface area (Å²) >= 11 is 6.30. The third kappa shape index (κ3) is 3.44. The highest BCUT2D eigenvalue weighted by Crippen LogP contribution is 2.45. The van der Waals surface area contributed by atoms with E-state index >= 15 is 0 Å². The van der Waals surface area contributed by atoms with E-state index in [1.54, 1.807) is 0 Å². The zero-order valence-electron chi connectivity index (χ0n) is 18.8. The van der Waals surface area contributed by atoms with Gasteiger partial charge >= 0.3 is 0 Å². The van der Waals surface area contributed by atoms with Gasteiger partial charge in [-0.15, -0.1) is 0 Å². The Morgan fingerprint density at radius 1 is 1.03 bits per heavy atom. The topological polar surface area (TPSA) is 62.1 Å². The van der Waals surface area contributed by atoms with Crippen molar-refractivity contribution >= 4 is 33.4 Å². The van der Waals surface area contributed by atoms with Crippen molar-refractivity contribution in [3.8, 4) is 0 Å². The summed E-state index contributed by atoms with van der Waals surface area (Å²) in [5.41, 5.74) is 4.56. The van der Waals surface area contributed by atoms with E-state index in [4.69, 9.17) is 21.1 Å². The van der Waals surface area contributed by atoms with Gasteiger partial charge in [0.25, 0.3) is 0 Å². The van der Waals surface area contributed by atoms with Gasteiger partial charge in [-0.2, -0.15) is 0 Å². The Labute approximate surface area is 197 Å². The van der Waals surface area contributed by atoms with Gasteiger partial charge in [0.2, 0.25) is 0 Å². The summed E-state index contributed by atoms with van der Waals surface area (Å²) in [6.07, 6.45) is 11.3. The molecular formula is C26H25ClN4O2. The summed E-state index contributed by atoms with van der Waals surface area (Å²) in [5, 5.41) is 3.78. The maximum Gasteiger partial charge on any atom is 0.164 e. The minimum atomic E-state index is -0.636. The van der Waals surface area contributed by atoms with Crippen LogP contribution in [-0.2, 0) is 15.9 Å². The fourth-order valence-corrected chi connectivity index (χ4v) is 5.47. The van der Waals surface area contributed by atoms with E-state index < -0.39 is 5.79 Å². The van der Waals surface area contributed by atoms with Gasteiger partial charge in [0.05, 0.1) is 11.4 Å². The van der Waals surface area contributed by atoms with Crippen LogP contribution in [0.5, 0.6) is 0 Å². The lowest BCUT2D eigenvalue weighted by Crippen LogP contribution is -2.27. The van der Waals surface area contributed by atoms with E-state index in [-0.39, 0.29) is 18.2 Å². The Morgan fingerprint density at radius 3 is 2.79 bits per heavy atom. The number of ether oxygens (including phenoxy) is 2. The van der Waals surface area contributed by atoms with Crippen molar-refractivity contribution in [2.75, 3.05) is 0 Å². The molecule has 0 N–H and O–H groups in total. The molecule has 0 unspecified atom stereocenters. The molecule has 1 aliphatic heterocycles. The maximum absolute atomic E-state index is 6.38. The fraction of sp³-hybridized carbons (Fsp3) is 0.346. The molecule has 6 rings (SSSR count). The Hall–Kier alpha value is -2.80. The highest BCUT2D eigenvalue weighted by molar-refractivity contribution is 6.33. The summed E-state index contributed by atoms with van der Waals surface area (Å²) < 4.78 is 14.9. The van der Waals surface area contributed by atoms with E-state index in [0.717, 1.165) is 23.9 Å². The summed E-state index contributed by atoms with van der Waals surface area (Å²) in [6, 6.07) is 8.43. The molecule has 33 heavy (non-hydrogen) atoms. The average molecular weight is 461 g/mol. The summed E-state index contributed by atoms with van der Waals surface area (Å²) in [6.45, 7) is 6.06. The number of benzene rings is 1. The van der Waals surface area contributed by atoms with Gasteiger partial charge in [-0.3, -0.25) is 4.98 Å². The molecule has 0 amide bonds. The molecule has 2 aliphatic rings. The Morgan fingerprint density at radius 2 is 1.91 bits per heavy atom. The van der Waals surface area contributed by atoms with Crippen LogP contribution in [0.2, 0.25) is 5.15 Å². The van der Waals surface area contributed by atoms with Crippen molar-refractivity contribution in [1.29, 1.82) is 0 Å². The third-order valence-electron chi connectivity index (χ3n) is 6.77. The van der Waals surface area contributed by atoms with Gasteiger partial charge in [-0.05, 0) is 61.8 Å². The lowest BCUT2D eigenvalue weighted by Gasteiger charge is -2.22. The van der Waals surface area contributed by atoms with Crippen LogP contribution in [-0.4, -0.2) is 37.5 Å². The smallest absolute Gasteiger partial charge is 0.164 e. The van der Waals surface area contributed by atoms with Crippen LogP contribution in [0.4, 0.5) is 0 Å². The average Bonchev–Trinajstić information content (AvgIpc) is 3.44. The van der Waals surface area contributed by atoms with E-state index in [2.05, 4.69) is 50.7 Å². The van der Waals surface area contributed by atoms with Crippen LogP contribution in [0.1, 0.15) is 37.4 Å². The third-order valence-corrected chi connectivity index (χ3v) is 7.08. The normalized spacial score (nSPS) is 23.9. The lowest BCUT2D eigenvalue weighted by molar-refractivity contribution is -0.147. The SMILES string of the molecule is Cc1cncc2c(CCC3=C[C@@H](n4ccc5c(Cl)ncnc54)[C@@H]4OC(C)(C)O[C@H]34)cccc12. The molecule has 0 saturated carbocycles. The number of pyridine rings is 1. The minimum absolute atomic E-state index is 0.0216. The summed E-state index contributed by atoms with van der Waals surface area (Å²) in [7, 11) is 0. The zero-order chi connectivity index (χ0) is 22.7. The number of halogens is 1. The molecule has 168 valence electrons. The predicted octanol–water partition coefficient (Wildman–Crippen LogP) is 5.58. The van der Waals surface area contributed by atoms with Crippen LogP contribution in [0.15, 0.2) is 60.8 Å². The lowest BCUT2D eigenvalue weighted by atomic mass is 9.97. The Balaban J connectivity index is 1.35. The number of fused-ring (bicyclic) bond motifs is 3. The molecule has 4 heterocycles. The molecule has 0 spiro atoms. The molecule has 0 radical (unpaired) electrons. The first-order valence-corrected chi connectivity index (χ1v) is 11.6. The van der Waals surface area contributed by atoms with E-state index in [0.29, 0.717) is 5.15 Å². The molecule has 3 atom stereocenters. The van der Waals surface area contributed by atoms with Gasteiger partial charge in [-0.25, -0.2) is 9.97 Å². The summed E-state index contributed by atoms with van der Waals surface area (Å²) in [5.74, 6) is -0.636. The first-order valence-electron chi connectivity index (χ1n) is 11.3. The van der Waals surface area contributed by atoms with Gasteiger partial charge < -0.3 is 14.0 Å². The molecule has 3 aromatic heterocycles. The van der Waals surface area contributed by atoms with E-state index in [1.165, 1.54) is 33.8 Å². The number of rotatable bonds is 4. The van der Waals surface area contributed by atoms with Crippen molar-refractivity contribution in [3.05, 3.63) is 77.1 Å². The van der Waals surface area contributed by atoms with Crippen LogP contribution in [0.25, 0.3) is 21.8 Å². The van der Waals surface area contributed by atoms with Crippen molar-refractivity contribution in [1.82, 2.24) is 19.5 Å². The predicted molar refractivity (Wildman–Crippen MR) is 128 cm³/mol. The van der Waals surface area contributed by atoms with Crippen LogP contribution < -0.4 is 0 Å². The molecular weight excluding hydrogens is 436 g/mol. The van der Waals surface area contributed by atoms with E-state index in [1.807, 2.05) is 38.5 Å². The largest absolute Gasteiger partial charge is 0.342 e. The quantitative estimate of drug-likeness (QED) is 0.294. The number of hydrogen-bond acceptors (Lipinski definition) is 5. The monoisotopic (exact) mass is 460 g/mol. The molecule has 1 aliphatic carbocycles. The highest BCUT2D eigenvalue weighted by atomic mass is 35.5. The van der Waals surface area contributed by atoms with Gasteiger partial charge in [0.1, 0.15) is 29.3 Å². The maximum atomic E-state index is 6.38. The Bertz CT molecular complexity index is 1410. The van der Waals surface area contributed by atoms with Crippen molar-refractivity contribution in [2.24, 2.45) is 0 Å². The fourth-order valence-electron chi connectivity index (χ4n) is 5.28. The second-order valence-corrected chi connectivity index (χ2v) is 9.70. The van der Waals surface area contributed by atoms with E-state index in [9.17, 15) is 0 Å². The van der Waals surface area contributed by atoms with Crippen molar-refractivity contribution < 1.29 is 9.47 Å². The standard InChI is InChI=1S/C26H25ClN4O2/c1-15-12-28-13-20-16(5-4-6-18(15)20)7-8-17-11-21(23-22(17)32-26(2,3)33-23)31-10-9-19-24(27)29-14-30-25(19)31/h4-6,9-14,21-23H,7-8H2,1-3H3/t21-,22-,23+/m1/s1. The highest BCUT2D eigenvalue weighted by Gasteiger charge is 2.50. The van der Waals surface area contributed by atoms with Crippen LogP contribution >= 0.6 is 11.6 Å². The summed E-state index contributed by atoms with van der Waals surface area (Å²) in [4.78, 5) is 13.0. The number of aryl methyl sites for hydroxylation is 2. The molecule has 1 saturated heterocycles. The number of hydrogen-bond donors (Lipinski definition) is 0. The second-order valence-electron chi connectivity index (χ2n) is 9.35. The molecule has 1 fully saturated rings. The molecule has 6 nitrogen and oxygen atoms in total. The minimum Gasteiger partial charge on any atom is -0.342 e. The molecule has 4 aromatic rings.